The van der Waals surface area contributed by atoms with Crippen LogP contribution >= 0.6 is 15.9 Å². The lowest BCUT2D eigenvalue weighted by Crippen LogP contribution is -2.37. The highest BCUT2D eigenvalue weighted by Gasteiger charge is 2.30. The number of carbonyl (C=O) groups is 1. The van der Waals surface area contributed by atoms with E-state index in [0.29, 0.717) is 30.7 Å². The van der Waals surface area contributed by atoms with Crippen molar-refractivity contribution in [2.24, 2.45) is 13.0 Å². The Bertz CT molecular complexity index is 795. The first-order chi connectivity index (χ1) is 12.5. The number of halogens is 1. The second kappa shape index (κ2) is 8.13. The van der Waals surface area contributed by atoms with Crippen molar-refractivity contribution in [3.8, 4) is 17.1 Å². The molecule has 2 aromatic heterocycles. The summed E-state index contributed by atoms with van der Waals surface area (Å²) in [6, 6.07) is 3.73. The fourth-order valence-electron chi connectivity index (χ4n) is 2.92. The van der Waals surface area contributed by atoms with Crippen LogP contribution in [0.25, 0.3) is 11.4 Å². The normalized spacial score (nSPS) is 20.0. The summed E-state index contributed by atoms with van der Waals surface area (Å²) in [5.74, 6) is 0.0953. The summed E-state index contributed by atoms with van der Waals surface area (Å²) in [5.41, 5.74) is 3.18. The highest BCUT2D eigenvalue weighted by molar-refractivity contribution is 9.08. The van der Waals surface area contributed by atoms with Gasteiger partial charge in [0.2, 0.25) is 0 Å². The Morgan fingerprint density at radius 2 is 2.23 bits per heavy atom. The van der Waals surface area contributed by atoms with E-state index in [-0.39, 0.29) is 18.0 Å². The summed E-state index contributed by atoms with van der Waals surface area (Å²) in [5, 5.41) is 8.88. The Hall–Kier alpha value is -2.00. The van der Waals surface area contributed by atoms with Gasteiger partial charge in [0.05, 0.1) is 43.3 Å². The number of nitrogens with zero attached hydrogens (tertiary/aromatic N) is 4. The second-order valence-corrected chi connectivity index (χ2v) is 6.72. The number of pyridine rings is 1. The van der Waals surface area contributed by atoms with Gasteiger partial charge in [-0.2, -0.15) is 0 Å². The predicted molar refractivity (Wildman–Crippen MR) is 97.0 cm³/mol. The summed E-state index contributed by atoms with van der Waals surface area (Å²) in [6.07, 6.45) is 0.347. The van der Waals surface area contributed by atoms with Gasteiger partial charge in [-0.1, -0.05) is 21.1 Å². The van der Waals surface area contributed by atoms with E-state index in [1.807, 2.05) is 26.1 Å². The topological polar surface area (TPSA) is 88.4 Å². The Balaban J connectivity index is 1.75. The third kappa shape index (κ3) is 3.88. The fraction of sp³-hybridized carbons (Fsp3) is 0.529. The number of esters is 1. The largest absolute Gasteiger partial charge is 0.486 e. The first kappa shape index (κ1) is 18.8. The second-order valence-electron chi connectivity index (χ2n) is 6.16. The molecule has 3 heterocycles. The summed E-state index contributed by atoms with van der Waals surface area (Å²) in [6.45, 7) is 2.68. The van der Waals surface area contributed by atoms with Crippen LogP contribution in [0.5, 0.6) is 5.75 Å². The minimum Gasteiger partial charge on any atom is -0.486 e. The zero-order valence-electron chi connectivity index (χ0n) is 14.9. The van der Waals surface area contributed by atoms with Crippen molar-refractivity contribution in [2.75, 3.05) is 20.3 Å². The molecule has 1 aliphatic heterocycles. The molecule has 0 bridgehead atoms. The highest BCUT2D eigenvalue weighted by Crippen LogP contribution is 2.27. The average Bonchev–Trinajstić information content (AvgIpc) is 3.03. The van der Waals surface area contributed by atoms with Crippen LogP contribution in [-0.2, 0) is 26.6 Å². The third-order valence-electron chi connectivity index (χ3n) is 4.35. The van der Waals surface area contributed by atoms with Crippen molar-refractivity contribution < 1.29 is 19.0 Å². The molecule has 1 aliphatic rings. The molecule has 0 amide bonds. The molecule has 0 spiro atoms. The molecule has 2 atom stereocenters. The van der Waals surface area contributed by atoms with Crippen molar-refractivity contribution >= 4 is 21.9 Å². The monoisotopic (exact) mass is 424 g/mol. The fourth-order valence-corrected chi connectivity index (χ4v) is 3.55. The van der Waals surface area contributed by atoms with Crippen LogP contribution in [0.2, 0.25) is 0 Å². The quantitative estimate of drug-likeness (QED) is 0.535. The first-order valence-corrected chi connectivity index (χ1v) is 9.40. The number of methoxy groups -OCH3 is 1. The van der Waals surface area contributed by atoms with Crippen LogP contribution in [0.3, 0.4) is 0 Å². The number of aryl methyl sites for hydroxylation is 2. The number of rotatable bonds is 5. The molecule has 0 aromatic carbocycles. The van der Waals surface area contributed by atoms with Crippen molar-refractivity contribution in [3.63, 3.8) is 0 Å². The minimum absolute atomic E-state index is 0.214. The molecule has 2 aromatic rings. The van der Waals surface area contributed by atoms with E-state index in [1.54, 1.807) is 4.68 Å². The molecule has 0 saturated carbocycles. The van der Waals surface area contributed by atoms with Gasteiger partial charge in [-0.05, 0) is 19.1 Å². The van der Waals surface area contributed by atoms with Gasteiger partial charge >= 0.3 is 5.97 Å². The maximum atomic E-state index is 11.7. The van der Waals surface area contributed by atoms with Gasteiger partial charge in [-0.25, -0.2) is 4.98 Å². The molecule has 26 heavy (non-hydrogen) atoms. The summed E-state index contributed by atoms with van der Waals surface area (Å²) >= 11 is 3.45. The molecule has 9 heteroatoms. The van der Waals surface area contributed by atoms with E-state index in [9.17, 15) is 4.79 Å². The van der Waals surface area contributed by atoms with E-state index in [2.05, 4.69) is 31.2 Å². The number of hydrogen-bond acceptors (Lipinski definition) is 7. The lowest BCUT2D eigenvalue weighted by Gasteiger charge is -2.28. The van der Waals surface area contributed by atoms with Gasteiger partial charge in [-0.15, -0.1) is 5.10 Å². The van der Waals surface area contributed by atoms with E-state index in [4.69, 9.17) is 14.2 Å². The molecule has 0 N–H and O–H groups in total. The molecule has 8 nitrogen and oxygen atoms in total. The van der Waals surface area contributed by atoms with Crippen LogP contribution in [0.15, 0.2) is 12.1 Å². The van der Waals surface area contributed by atoms with Crippen LogP contribution in [0.1, 0.15) is 17.8 Å². The molecule has 1 saturated heterocycles. The molecule has 1 fully saturated rings. The van der Waals surface area contributed by atoms with Crippen LogP contribution < -0.4 is 4.74 Å². The van der Waals surface area contributed by atoms with Crippen LogP contribution in [-0.4, -0.2) is 52.4 Å². The Morgan fingerprint density at radius 1 is 1.42 bits per heavy atom. The number of carbonyl (C=O) groups excluding carboxylic acids is 1. The zero-order valence-corrected chi connectivity index (χ0v) is 16.5. The third-order valence-corrected chi connectivity index (χ3v) is 4.88. The van der Waals surface area contributed by atoms with Gasteiger partial charge in [0.25, 0.3) is 0 Å². The lowest BCUT2D eigenvalue weighted by atomic mass is 10.0. The van der Waals surface area contributed by atoms with Crippen molar-refractivity contribution in [3.05, 3.63) is 23.5 Å². The average molecular weight is 425 g/mol. The van der Waals surface area contributed by atoms with Gasteiger partial charge in [-0.3, -0.25) is 9.48 Å². The molecule has 0 aliphatic carbocycles. The van der Waals surface area contributed by atoms with Gasteiger partial charge < -0.3 is 14.2 Å². The van der Waals surface area contributed by atoms with Crippen LogP contribution in [0, 0.1) is 12.8 Å². The number of ether oxygens (including phenoxy) is 3. The Labute approximate surface area is 160 Å². The van der Waals surface area contributed by atoms with Crippen molar-refractivity contribution in [1.82, 2.24) is 20.0 Å². The van der Waals surface area contributed by atoms with Gasteiger partial charge in [0.1, 0.15) is 17.5 Å². The van der Waals surface area contributed by atoms with Crippen molar-refractivity contribution in [1.29, 1.82) is 0 Å². The molecule has 2 unspecified atom stereocenters. The summed E-state index contributed by atoms with van der Waals surface area (Å²) < 4.78 is 18.0. The van der Waals surface area contributed by atoms with Crippen molar-refractivity contribution in [2.45, 2.75) is 24.8 Å². The van der Waals surface area contributed by atoms with E-state index < -0.39 is 0 Å². The molecule has 0 radical (unpaired) electrons. The molecule has 140 valence electrons. The summed E-state index contributed by atoms with van der Waals surface area (Å²) in [4.78, 5) is 16.3. The van der Waals surface area contributed by atoms with Gasteiger partial charge in [0.15, 0.2) is 0 Å². The maximum absolute atomic E-state index is 11.7. The SMILES string of the molecule is COC(=O)C1COCC(Oc2ccc(-c3nnn(C)c3CBr)nc2C)C1. The first-order valence-electron chi connectivity index (χ1n) is 8.28. The number of aromatic nitrogens is 4. The lowest BCUT2D eigenvalue weighted by molar-refractivity contribution is -0.152. The van der Waals surface area contributed by atoms with E-state index >= 15 is 0 Å². The standard InChI is InChI=1S/C17H21BrN4O4/c1-10-15(26-12-6-11(8-25-9-12)17(23)24-3)5-4-13(19-10)16-14(7-18)22(2)21-20-16/h4-5,11-12H,6-9H2,1-3H3. The molecular weight excluding hydrogens is 404 g/mol. The smallest absolute Gasteiger partial charge is 0.311 e. The Kier molecular flexibility index (Phi) is 5.87. The van der Waals surface area contributed by atoms with E-state index in [1.165, 1.54) is 7.11 Å². The molecular formula is C17H21BrN4O4. The highest BCUT2D eigenvalue weighted by atomic mass is 79.9. The molecule has 3 rings (SSSR count). The van der Waals surface area contributed by atoms with Gasteiger partial charge in [0, 0.05) is 18.8 Å². The summed E-state index contributed by atoms with van der Waals surface area (Å²) in [7, 11) is 3.23. The zero-order chi connectivity index (χ0) is 18.7. The minimum atomic E-state index is -0.299. The maximum Gasteiger partial charge on any atom is 0.311 e. The number of hydrogen-bond donors (Lipinski definition) is 0. The Morgan fingerprint density at radius 3 is 2.92 bits per heavy atom. The number of alkyl halides is 1. The van der Waals surface area contributed by atoms with Crippen LogP contribution in [0.4, 0.5) is 0 Å². The predicted octanol–water partition coefficient (Wildman–Crippen LogP) is 2.04. The van der Waals surface area contributed by atoms with E-state index in [0.717, 1.165) is 22.8 Å².